The van der Waals surface area contributed by atoms with Gasteiger partial charge in [-0.3, -0.25) is 0 Å². The van der Waals surface area contributed by atoms with Gasteiger partial charge in [0.05, 0.1) is 5.02 Å². The van der Waals surface area contributed by atoms with E-state index in [9.17, 15) is 4.39 Å². The van der Waals surface area contributed by atoms with E-state index >= 15 is 0 Å². The van der Waals surface area contributed by atoms with Crippen LogP contribution in [0.2, 0.25) is 5.02 Å². The quantitative estimate of drug-likeness (QED) is 0.582. The Morgan fingerprint density at radius 1 is 1.67 bits per heavy atom. The van der Waals surface area contributed by atoms with Gasteiger partial charge in [-0.15, -0.1) is 0 Å². The Labute approximate surface area is 61.5 Å². The van der Waals surface area contributed by atoms with Gasteiger partial charge in [0.15, 0.2) is 5.82 Å². The molecule has 1 aromatic rings. The van der Waals surface area contributed by atoms with Crippen LogP contribution in [0.15, 0.2) is 12.3 Å². The van der Waals surface area contributed by atoms with Gasteiger partial charge in [-0.25, -0.2) is 4.39 Å². The molecule has 0 atom stereocenters. The standard InChI is InChI=1S/C5H3ClFNS/c6-3-1-5(9)8-2-4(3)7/h1-2H,(H,8,9). The lowest BCUT2D eigenvalue weighted by Gasteiger charge is -1.89. The molecule has 0 fully saturated rings. The minimum atomic E-state index is -0.481. The Hall–Kier alpha value is -0.410. The van der Waals surface area contributed by atoms with Crippen molar-refractivity contribution < 1.29 is 4.39 Å². The second-order valence-corrected chi connectivity index (χ2v) is 2.34. The summed E-state index contributed by atoms with van der Waals surface area (Å²) in [6.07, 6.45) is 1.13. The molecular weight excluding hydrogens is 161 g/mol. The number of hydrogen-bond donors (Lipinski definition) is 1. The molecule has 0 aliphatic heterocycles. The molecule has 1 aromatic heterocycles. The summed E-state index contributed by atoms with van der Waals surface area (Å²) in [5.74, 6) is -0.481. The average molecular weight is 164 g/mol. The van der Waals surface area contributed by atoms with Crippen LogP contribution in [0.5, 0.6) is 0 Å². The third-order valence-electron chi connectivity index (χ3n) is 0.827. The topological polar surface area (TPSA) is 15.8 Å². The van der Waals surface area contributed by atoms with E-state index < -0.39 is 5.82 Å². The Morgan fingerprint density at radius 3 is 2.78 bits per heavy atom. The maximum atomic E-state index is 12.3. The largest absolute Gasteiger partial charge is 0.350 e. The summed E-state index contributed by atoms with van der Waals surface area (Å²) in [6.45, 7) is 0. The van der Waals surface area contributed by atoms with Crippen molar-refractivity contribution in [3.8, 4) is 0 Å². The lowest BCUT2D eigenvalue weighted by Crippen LogP contribution is -1.78. The molecule has 1 rings (SSSR count). The SMILES string of the molecule is Fc1c[nH]c(=S)cc1Cl. The summed E-state index contributed by atoms with van der Waals surface area (Å²) in [5, 5.41) is 0.0544. The number of H-pyrrole nitrogens is 1. The zero-order valence-electron chi connectivity index (χ0n) is 4.32. The average Bonchev–Trinajstić information content (AvgIpc) is 1.80. The van der Waals surface area contributed by atoms with Crippen molar-refractivity contribution >= 4 is 23.8 Å². The summed E-state index contributed by atoms with van der Waals surface area (Å²) in [5.41, 5.74) is 0. The fourth-order valence-corrected chi connectivity index (χ4v) is 0.834. The van der Waals surface area contributed by atoms with Crippen LogP contribution < -0.4 is 0 Å². The predicted molar refractivity (Wildman–Crippen MR) is 36.6 cm³/mol. The van der Waals surface area contributed by atoms with Crippen LogP contribution in [0.25, 0.3) is 0 Å². The number of aromatic amines is 1. The molecule has 9 heavy (non-hydrogen) atoms. The second kappa shape index (κ2) is 2.45. The summed E-state index contributed by atoms with van der Waals surface area (Å²) in [7, 11) is 0. The highest BCUT2D eigenvalue weighted by molar-refractivity contribution is 7.71. The highest BCUT2D eigenvalue weighted by atomic mass is 35.5. The van der Waals surface area contributed by atoms with Crippen molar-refractivity contribution in [2.45, 2.75) is 0 Å². The summed E-state index contributed by atoms with van der Waals surface area (Å²) in [4.78, 5) is 2.50. The van der Waals surface area contributed by atoms with Gasteiger partial charge in [0, 0.05) is 6.20 Å². The first kappa shape index (κ1) is 6.71. The van der Waals surface area contributed by atoms with Crippen molar-refractivity contribution in [1.82, 2.24) is 4.98 Å². The third kappa shape index (κ3) is 1.50. The Kier molecular flexibility index (Phi) is 1.83. The molecule has 0 saturated heterocycles. The monoisotopic (exact) mass is 163 g/mol. The summed E-state index contributed by atoms with van der Waals surface area (Å²) >= 11 is 10.0. The molecule has 1 heterocycles. The maximum Gasteiger partial charge on any atom is 0.157 e. The zero-order chi connectivity index (χ0) is 6.85. The molecule has 0 aliphatic carbocycles. The van der Waals surface area contributed by atoms with Gasteiger partial charge >= 0.3 is 0 Å². The van der Waals surface area contributed by atoms with Gasteiger partial charge < -0.3 is 4.98 Å². The van der Waals surface area contributed by atoms with Crippen LogP contribution in [-0.2, 0) is 0 Å². The molecule has 1 N–H and O–H groups in total. The molecule has 0 saturated carbocycles. The van der Waals surface area contributed by atoms with Gasteiger partial charge in [-0.05, 0) is 6.07 Å². The maximum absolute atomic E-state index is 12.3. The van der Waals surface area contributed by atoms with Gasteiger partial charge in [0.25, 0.3) is 0 Å². The number of halogens is 2. The predicted octanol–water partition coefficient (Wildman–Crippen LogP) is 2.54. The number of hydrogen-bond acceptors (Lipinski definition) is 1. The molecule has 0 bridgehead atoms. The van der Waals surface area contributed by atoms with Crippen LogP contribution >= 0.6 is 23.8 Å². The van der Waals surface area contributed by atoms with E-state index in [1.165, 1.54) is 6.07 Å². The van der Waals surface area contributed by atoms with E-state index in [0.717, 1.165) is 6.20 Å². The van der Waals surface area contributed by atoms with E-state index in [4.69, 9.17) is 11.6 Å². The Bertz CT molecular complexity index is 270. The minimum Gasteiger partial charge on any atom is -0.350 e. The minimum absolute atomic E-state index is 0.0544. The van der Waals surface area contributed by atoms with Gasteiger partial charge in [0.2, 0.25) is 0 Å². The lowest BCUT2D eigenvalue weighted by atomic mass is 10.5. The van der Waals surface area contributed by atoms with E-state index in [-0.39, 0.29) is 5.02 Å². The number of nitrogens with one attached hydrogen (secondary N) is 1. The molecule has 1 nitrogen and oxygen atoms in total. The van der Waals surface area contributed by atoms with E-state index in [0.29, 0.717) is 4.64 Å². The van der Waals surface area contributed by atoms with Crippen molar-refractivity contribution in [3.63, 3.8) is 0 Å². The Morgan fingerprint density at radius 2 is 2.33 bits per heavy atom. The van der Waals surface area contributed by atoms with Gasteiger partial charge in [-0.2, -0.15) is 0 Å². The fraction of sp³-hybridized carbons (Fsp3) is 0. The van der Waals surface area contributed by atoms with Crippen molar-refractivity contribution in [3.05, 3.63) is 27.7 Å². The van der Waals surface area contributed by atoms with Crippen LogP contribution in [0, 0.1) is 10.5 Å². The van der Waals surface area contributed by atoms with Crippen LogP contribution in [-0.4, -0.2) is 4.98 Å². The van der Waals surface area contributed by atoms with Gasteiger partial charge in [0.1, 0.15) is 4.64 Å². The highest BCUT2D eigenvalue weighted by Gasteiger charge is 1.94. The molecule has 0 unspecified atom stereocenters. The molecule has 0 aliphatic rings. The summed E-state index contributed by atoms with van der Waals surface area (Å²) < 4.78 is 12.7. The Balaban J connectivity index is 3.34. The molecular formula is C5H3ClFNS. The highest BCUT2D eigenvalue weighted by Crippen LogP contribution is 2.10. The van der Waals surface area contributed by atoms with E-state index in [1.807, 2.05) is 0 Å². The van der Waals surface area contributed by atoms with Crippen LogP contribution in [0.3, 0.4) is 0 Å². The first-order chi connectivity index (χ1) is 4.20. The molecule has 48 valence electrons. The third-order valence-corrected chi connectivity index (χ3v) is 1.35. The van der Waals surface area contributed by atoms with Crippen LogP contribution in [0.1, 0.15) is 0 Å². The number of pyridine rings is 1. The zero-order valence-corrected chi connectivity index (χ0v) is 5.89. The normalized spacial score (nSPS) is 9.56. The van der Waals surface area contributed by atoms with E-state index in [2.05, 4.69) is 17.2 Å². The molecule has 0 radical (unpaired) electrons. The lowest BCUT2D eigenvalue weighted by molar-refractivity contribution is 0.621. The van der Waals surface area contributed by atoms with Gasteiger partial charge in [-0.1, -0.05) is 23.8 Å². The smallest absolute Gasteiger partial charge is 0.157 e. The van der Waals surface area contributed by atoms with Crippen molar-refractivity contribution in [2.24, 2.45) is 0 Å². The summed E-state index contributed by atoms with van der Waals surface area (Å²) in [6, 6.07) is 1.35. The fourth-order valence-electron chi connectivity index (χ4n) is 0.429. The first-order valence-corrected chi connectivity index (χ1v) is 3.02. The van der Waals surface area contributed by atoms with Crippen molar-refractivity contribution in [1.29, 1.82) is 0 Å². The second-order valence-electron chi connectivity index (χ2n) is 1.49. The van der Waals surface area contributed by atoms with Crippen molar-refractivity contribution in [2.75, 3.05) is 0 Å². The molecule has 4 heteroatoms. The molecule has 0 spiro atoms. The van der Waals surface area contributed by atoms with Crippen LogP contribution in [0.4, 0.5) is 4.39 Å². The molecule has 0 amide bonds. The number of aromatic nitrogens is 1. The first-order valence-electron chi connectivity index (χ1n) is 2.24. The number of rotatable bonds is 0. The molecule has 0 aromatic carbocycles. The van der Waals surface area contributed by atoms with E-state index in [1.54, 1.807) is 0 Å².